The van der Waals surface area contributed by atoms with Gasteiger partial charge in [0.2, 0.25) is 0 Å². The second kappa shape index (κ2) is 11.6. The van der Waals surface area contributed by atoms with Crippen molar-refractivity contribution < 1.29 is 4.79 Å². The summed E-state index contributed by atoms with van der Waals surface area (Å²) < 4.78 is 0. The van der Waals surface area contributed by atoms with Crippen molar-refractivity contribution in [1.82, 2.24) is 10.3 Å². The summed E-state index contributed by atoms with van der Waals surface area (Å²) in [6, 6.07) is 37.5. The molecule has 1 aliphatic rings. The van der Waals surface area contributed by atoms with Crippen LogP contribution in [0.4, 0.5) is 0 Å². The molecule has 194 valence electrons. The van der Waals surface area contributed by atoms with Crippen LogP contribution in [0, 0.1) is 5.92 Å². The third kappa shape index (κ3) is 5.92. The van der Waals surface area contributed by atoms with Gasteiger partial charge >= 0.3 is 0 Å². The number of rotatable bonds is 7. The lowest BCUT2D eigenvalue weighted by Gasteiger charge is -2.32. The fraction of sp³-hybridized carbons (Fsp3) is 0.200. The SMILES string of the molecule is O=C(N/N=C\c1c2ccccc2cc2ccccc12)c1ccc(CN2CCC(Cc3ccccc3)CC2)cc1. The number of hydrazone groups is 1. The Morgan fingerprint density at radius 2 is 1.38 bits per heavy atom. The van der Waals surface area contributed by atoms with Crippen LogP contribution in [0.3, 0.4) is 0 Å². The highest BCUT2D eigenvalue weighted by Crippen LogP contribution is 2.27. The number of benzene rings is 5. The van der Waals surface area contributed by atoms with E-state index in [1.807, 2.05) is 36.4 Å². The highest BCUT2D eigenvalue weighted by atomic mass is 16.2. The molecule has 0 radical (unpaired) electrons. The molecule has 1 aliphatic heterocycles. The fourth-order valence-electron chi connectivity index (χ4n) is 5.72. The lowest BCUT2D eigenvalue weighted by Crippen LogP contribution is -2.33. The van der Waals surface area contributed by atoms with Gasteiger partial charge in [-0.2, -0.15) is 5.10 Å². The average molecular weight is 512 g/mol. The molecule has 6 rings (SSSR count). The number of likely N-dealkylation sites (tertiary alicyclic amines) is 1. The van der Waals surface area contributed by atoms with Crippen LogP contribution in [0.5, 0.6) is 0 Å². The Morgan fingerprint density at radius 1 is 0.769 bits per heavy atom. The summed E-state index contributed by atoms with van der Waals surface area (Å²) in [6.07, 6.45) is 5.41. The number of hydrogen-bond acceptors (Lipinski definition) is 3. The Balaban J connectivity index is 1.05. The minimum atomic E-state index is -0.205. The first-order valence-electron chi connectivity index (χ1n) is 13.8. The van der Waals surface area contributed by atoms with Gasteiger partial charge in [-0.1, -0.05) is 91.0 Å². The van der Waals surface area contributed by atoms with Crippen molar-refractivity contribution in [3.63, 3.8) is 0 Å². The lowest BCUT2D eigenvalue weighted by molar-refractivity contribution is 0.0955. The second-order valence-corrected chi connectivity index (χ2v) is 10.5. The summed E-state index contributed by atoms with van der Waals surface area (Å²) in [5.41, 5.74) is 7.02. The average Bonchev–Trinajstić information content (AvgIpc) is 2.98. The van der Waals surface area contributed by atoms with E-state index in [1.54, 1.807) is 6.21 Å². The highest BCUT2D eigenvalue weighted by Gasteiger charge is 2.19. The maximum absolute atomic E-state index is 12.8. The topological polar surface area (TPSA) is 44.7 Å². The Kier molecular flexibility index (Phi) is 7.46. The van der Waals surface area contributed by atoms with E-state index < -0.39 is 0 Å². The van der Waals surface area contributed by atoms with Gasteiger partial charge in [0.1, 0.15) is 0 Å². The van der Waals surface area contributed by atoms with E-state index in [-0.39, 0.29) is 5.91 Å². The number of hydrogen-bond donors (Lipinski definition) is 1. The predicted octanol–water partition coefficient (Wildman–Crippen LogP) is 7.21. The van der Waals surface area contributed by atoms with Crippen LogP contribution >= 0.6 is 0 Å². The number of carbonyl (C=O) groups excluding carboxylic acids is 1. The van der Waals surface area contributed by atoms with Crippen molar-refractivity contribution in [1.29, 1.82) is 0 Å². The number of fused-ring (bicyclic) bond motifs is 2. The molecule has 0 saturated carbocycles. The van der Waals surface area contributed by atoms with Gasteiger partial charge in [0.25, 0.3) is 5.91 Å². The zero-order valence-electron chi connectivity index (χ0n) is 22.1. The van der Waals surface area contributed by atoms with Crippen LogP contribution in [0.1, 0.15) is 39.9 Å². The molecule has 0 unspecified atom stereocenters. The number of carbonyl (C=O) groups is 1. The largest absolute Gasteiger partial charge is 0.299 e. The molecule has 4 nitrogen and oxygen atoms in total. The minimum absolute atomic E-state index is 0.205. The smallest absolute Gasteiger partial charge is 0.271 e. The second-order valence-electron chi connectivity index (χ2n) is 10.5. The molecule has 4 heteroatoms. The molecule has 1 N–H and O–H groups in total. The van der Waals surface area contributed by atoms with Gasteiger partial charge in [0.05, 0.1) is 6.21 Å². The standard InChI is InChI=1S/C35H33N3O/c39-35(37-36-24-34-32-12-6-4-10-30(32)23-31-11-5-7-13-33(31)34)29-16-14-28(15-17-29)25-38-20-18-27(19-21-38)22-26-8-2-1-3-9-26/h1-17,23-24,27H,18-22,25H2,(H,37,39)/b36-24-. The first-order valence-corrected chi connectivity index (χ1v) is 13.8. The van der Waals surface area contributed by atoms with Gasteiger partial charge < -0.3 is 0 Å². The molecular weight excluding hydrogens is 478 g/mol. The van der Waals surface area contributed by atoms with E-state index in [0.29, 0.717) is 5.56 Å². The van der Waals surface area contributed by atoms with E-state index in [1.165, 1.54) is 30.4 Å². The summed E-state index contributed by atoms with van der Waals surface area (Å²) in [4.78, 5) is 15.3. The monoisotopic (exact) mass is 511 g/mol. The molecule has 5 aromatic rings. The third-order valence-corrected chi connectivity index (χ3v) is 7.87. The van der Waals surface area contributed by atoms with Crippen molar-refractivity contribution in [3.8, 4) is 0 Å². The van der Waals surface area contributed by atoms with Crippen LogP contribution < -0.4 is 5.43 Å². The maximum atomic E-state index is 12.8. The Labute approximate surface area is 230 Å². The summed E-state index contributed by atoms with van der Waals surface area (Å²) in [7, 11) is 0. The Hall–Kier alpha value is -4.28. The lowest BCUT2D eigenvalue weighted by atomic mass is 9.90. The fourth-order valence-corrected chi connectivity index (χ4v) is 5.72. The van der Waals surface area contributed by atoms with Crippen LogP contribution in [0.25, 0.3) is 21.5 Å². The molecule has 1 saturated heterocycles. The van der Waals surface area contributed by atoms with Crippen LogP contribution in [-0.4, -0.2) is 30.1 Å². The number of piperidine rings is 1. The van der Waals surface area contributed by atoms with Crippen molar-refractivity contribution in [2.24, 2.45) is 11.0 Å². The molecular formula is C35H33N3O. The van der Waals surface area contributed by atoms with Gasteiger partial charge in [0.15, 0.2) is 0 Å². The van der Waals surface area contributed by atoms with Crippen molar-refractivity contribution >= 4 is 33.7 Å². The summed E-state index contributed by atoms with van der Waals surface area (Å²) in [5.74, 6) is 0.561. The molecule has 0 spiro atoms. The van der Waals surface area contributed by atoms with Crippen LogP contribution in [0.15, 0.2) is 114 Å². The minimum Gasteiger partial charge on any atom is -0.299 e. The molecule has 1 heterocycles. The highest BCUT2D eigenvalue weighted by molar-refractivity contribution is 6.13. The van der Waals surface area contributed by atoms with E-state index in [9.17, 15) is 4.79 Å². The summed E-state index contributed by atoms with van der Waals surface area (Å²) >= 11 is 0. The molecule has 0 atom stereocenters. The zero-order chi connectivity index (χ0) is 26.4. The summed E-state index contributed by atoms with van der Waals surface area (Å²) in [6.45, 7) is 3.17. The van der Waals surface area contributed by atoms with Crippen LogP contribution in [-0.2, 0) is 13.0 Å². The first-order chi connectivity index (χ1) is 19.2. The van der Waals surface area contributed by atoms with Crippen molar-refractivity contribution in [2.75, 3.05) is 13.1 Å². The number of nitrogens with one attached hydrogen (secondary N) is 1. The zero-order valence-corrected chi connectivity index (χ0v) is 22.1. The van der Waals surface area contributed by atoms with E-state index in [4.69, 9.17) is 0 Å². The van der Waals surface area contributed by atoms with E-state index in [2.05, 4.69) is 88.2 Å². The normalized spacial score (nSPS) is 14.8. The molecule has 39 heavy (non-hydrogen) atoms. The van der Waals surface area contributed by atoms with Gasteiger partial charge in [-0.05, 0) is 89.1 Å². The molecule has 1 fully saturated rings. The predicted molar refractivity (Wildman–Crippen MR) is 161 cm³/mol. The van der Waals surface area contributed by atoms with E-state index in [0.717, 1.165) is 52.7 Å². The Bertz CT molecular complexity index is 1550. The van der Waals surface area contributed by atoms with Gasteiger partial charge in [0, 0.05) is 17.7 Å². The van der Waals surface area contributed by atoms with Crippen molar-refractivity contribution in [3.05, 3.63) is 131 Å². The van der Waals surface area contributed by atoms with Gasteiger partial charge in [-0.3, -0.25) is 9.69 Å². The first kappa shape index (κ1) is 25.0. The summed E-state index contributed by atoms with van der Waals surface area (Å²) in [5, 5.41) is 8.87. The molecule has 0 aromatic heterocycles. The quantitative estimate of drug-likeness (QED) is 0.143. The third-order valence-electron chi connectivity index (χ3n) is 7.87. The molecule has 5 aromatic carbocycles. The van der Waals surface area contributed by atoms with Crippen molar-refractivity contribution in [2.45, 2.75) is 25.8 Å². The van der Waals surface area contributed by atoms with Gasteiger partial charge in [-0.15, -0.1) is 0 Å². The maximum Gasteiger partial charge on any atom is 0.271 e. The molecule has 0 bridgehead atoms. The number of amides is 1. The molecule has 0 aliphatic carbocycles. The number of nitrogens with zero attached hydrogens (tertiary/aromatic N) is 2. The van der Waals surface area contributed by atoms with Gasteiger partial charge in [-0.25, -0.2) is 5.43 Å². The van der Waals surface area contributed by atoms with E-state index >= 15 is 0 Å². The molecule has 1 amide bonds. The van der Waals surface area contributed by atoms with Crippen LogP contribution in [0.2, 0.25) is 0 Å². The Morgan fingerprint density at radius 3 is 2.05 bits per heavy atom.